The number of rotatable bonds is 3. The minimum absolute atomic E-state index is 0.0252. The van der Waals surface area contributed by atoms with Crippen LogP contribution in [-0.2, 0) is 6.42 Å². The fraction of sp³-hybridized carbons (Fsp3) is 0.562. The molecule has 2 aliphatic rings. The molecule has 1 aromatic rings. The molecule has 3 rings (SSSR count). The van der Waals surface area contributed by atoms with Gasteiger partial charge in [-0.2, -0.15) is 11.8 Å². The molecular formula is C16H22N2O2S. The van der Waals surface area contributed by atoms with E-state index in [0.717, 1.165) is 18.5 Å². The van der Waals surface area contributed by atoms with E-state index >= 15 is 0 Å². The number of nitrogens with zero attached hydrogens (tertiary/aromatic N) is 1. The summed E-state index contributed by atoms with van der Waals surface area (Å²) in [4.78, 5) is 14.2. The molecule has 2 heterocycles. The number of hydrogen-bond donors (Lipinski definition) is 2. The zero-order chi connectivity index (χ0) is 14.7. The quantitative estimate of drug-likeness (QED) is 0.900. The Bertz CT molecular complexity index is 503. The third-order valence-corrected chi connectivity index (χ3v) is 5.75. The van der Waals surface area contributed by atoms with Crippen molar-refractivity contribution in [2.75, 3.05) is 25.4 Å². The minimum Gasteiger partial charge on any atom is -0.394 e. The summed E-state index contributed by atoms with van der Waals surface area (Å²) in [5, 5.41) is 13.3. The lowest BCUT2D eigenvalue weighted by atomic mass is 9.93. The van der Waals surface area contributed by atoms with Gasteiger partial charge in [-0.25, -0.2) is 4.79 Å². The Morgan fingerprint density at radius 3 is 3.05 bits per heavy atom. The number of urea groups is 1. The van der Waals surface area contributed by atoms with E-state index in [4.69, 9.17) is 0 Å². The molecule has 21 heavy (non-hydrogen) atoms. The molecule has 0 aliphatic carbocycles. The van der Waals surface area contributed by atoms with Crippen LogP contribution in [0.25, 0.3) is 0 Å². The highest BCUT2D eigenvalue weighted by atomic mass is 32.2. The maximum Gasteiger partial charge on any atom is 0.318 e. The number of nitrogens with one attached hydrogen (secondary N) is 1. The Morgan fingerprint density at radius 1 is 1.43 bits per heavy atom. The maximum atomic E-state index is 12.4. The number of amides is 2. The third kappa shape index (κ3) is 3.19. The molecule has 1 aromatic carbocycles. The Morgan fingerprint density at radius 2 is 2.29 bits per heavy atom. The first-order chi connectivity index (χ1) is 10.3. The van der Waals surface area contributed by atoms with Crippen molar-refractivity contribution >= 4 is 17.8 Å². The fourth-order valence-electron chi connectivity index (χ4n) is 3.20. The van der Waals surface area contributed by atoms with Crippen LogP contribution in [0.4, 0.5) is 4.79 Å². The van der Waals surface area contributed by atoms with Gasteiger partial charge in [-0.3, -0.25) is 0 Å². The van der Waals surface area contributed by atoms with Crippen molar-refractivity contribution in [3.05, 3.63) is 35.4 Å². The first-order valence-electron chi connectivity index (χ1n) is 7.64. The van der Waals surface area contributed by atoms with Gasteiger partial charge in [0.15, 0.2) is 0 Å². The van der Waals surface area contributed by atoms with Crippen molar-refractivity contribution < 1.29 is 9.90 Å². The number of benzene rings is 1. The number of carbonyl (C=O) groups excluding carboxylic acids is 1. The molecular weight excluding hydrogens is 284 g/mol. The molecule has 0 bridgehead atoms. The lowest BCUT2D eigenvalue weighted by molar-refractivity contribution is 0.127. The lowest BCUT2D eigenvalue weighted by Crippen LogP contribution is -2.48. The molecule has 1 saturated heterocycles. The van der Waals surface area contributed by atoms with E-state index in [-0.39, 0.29) is 18.7 Å². The van der Waals surface area contributed by atoms with E-state index in [1.165, 1.54) is 24.2 Å². The van der Waals surface area contributed by atoms with Gasteiger partial charge in [0.25, 0.3) is 0 Å². The Kier molecular flexibility index (Phi) is 4.70. The highest BCUT2D eigenvalue weighted by molar-refractivity contribution is 8.00. The van der Waals surface area contributed by atoms with Crippen LogP contribution < -0.4 is 5.32 Å². The zero-order valence-electron chi connectivity index (χ0n) is 12.1. The molecule has 2 aliphatic heterocycles. The lowest BCUT2D eigenvalue weighted by Gasteiger charge is -2.36. The largest absolute Gasteiger partial charge is 0.394 e. The van der Waals surface area contributed by atoms with Crippen molar-refractivity contribution in [1.82, 2.24) is 10.2 Å². The summed E-state index contributed by atoms with van der Waals surface area (Å²) < 4.78 is 0. The molecule has 1 fully saturated rings. The summed E-state index contributed by atoms with van der Waals surface area (Å²) in [6, 6.07) is 7.82. The SMILES string of the molecule is O=C(NC[C@H]1CCCS1)N1CCc2ccccc2[C@@H]1CO. The molecule has 4 nitrogen and oxygen atoms in total. The van der Waals surface area contributed by atoms with Crippen LogP contribution in [0.5, 0.6) is 0 Å². The number of aliphatic hydroxyl groups is 1. The van der Waals surface area contributed by atoms with Crippen LogP contribution >= 0.6 is 11.8 Å². The van der Waals surface area contributed by atoms with Gasteiger partial charge in [0, 0.05) is 18.3 Å². The monoisotopic (exact) mass is 306 g/mol. The summed E-state index contributed by atoms with van der Waals surface area (Å²) in [6.45, 7) is 1.38. The predicted molar refractivity (Wildman–Crippen MR) is 85.6 cm³/mol. The topological polar surface area (TPSA) is 52.6 Å². The van der Waals surface area contributed by atoms with Gasteiger partial charge in [0.2, 0.25) is 0 Å². The van der Waals surface area contributed by atoms with Gasteiger partial charge in [-0.1, -0.05) is 24.3 Å². The van der Waals surface area contributed by atoms with Crippen LogP contribution in [0, 0.1) is 0 Å². The molecule has 0 unspecified atom stereocenters. The second kappa shape index (κ2) is 6.71. The molecule has 2 atom stereocenters. The molecule has 2 N–H and O–H groups in total. The van der Waals surface area contributed by atoms with Gasteiger partial charge in [0.05, 0.1) is 12.6 Å². The molecule has 114 valence electrons. The van der Waals surface area contributed by atoms with Gasteiger partial charge >= 0.3 is 6.03 Å². The van der Waals surface area contributed by atoms with Crippen molar-refractivity contribution in [3.8, 4) is 0 Å². The van der Waals surface area contributed by atoms with Crippen molar-refractivity contribution in [1.29, 1.82) is 0 Å². The Balaban J connectivity index is 1.65. The second-order valence-electron chi connectivity index (χ2n) is 5.66. The van der Waals surface area contributed by atoms with E-state index < -0.39 is 0 Å². The van der Waals surface area contributed by atoms with Crippen molar-refractivity contribution in [3.63, 3.8) is 0 Å². The summed E-state index contributed by atoms with van der Waals surface area (Å²) in [6.07, 6.45) is 3.30. The van der Waals surface area contributed by atoms with Crippen LogP contribution in [0.2, 0.25) is 0 Å². The average molecular weight is 306 g/mol. The van der Waals surface area contributed by atoms with Gasteiger partial charge in [0.1, 0.15) is 0 Å². The van der Waals surface area contributed by atoms with Crippen molar-refractivity contribution in [2.24, 2.45) is 0 Å². The fourth-order valence-corrected chi connectivity index (χ4v) is 4.40. The van der Waals surface area contributed by atoms with E-state index in [1.54, 1.807) is 4.90 Å². The van der Waals surface area contributed by atoms with E-state index in [1.807, 2.05) is 30.0 Å². The number of hydrogen-bond acceptors (Lipinski definition) is 3. The highest BCUT2D eigenvalue weighted by Gasteiger charge is 2.30. The highest BCUT2D eigenvalue weighted by Crippen LogP contribution is 2.29. The molecule has 5 heteroatoms. The van der Waals surface area contributed by atoms with Crippen LogP contribution in [0.1, 0.15) is 30.0 Å². The van der Waals surface area contributed by atoms with E-state index in [0.29, 0.717) is 11.8 Å². The van der Waals surface area contributed by atoms with E-state index in [2.05, 4.69) is 11.4 Å². The molecule has 0 aromatic heterocycles. The van der Waals surface area contributed by atoms with Gasteiger partial charge < -0.3 is 15.3 Å². The van der Waals surface area contributed by atoms with Crippen LogP contribution in [-0.4, -0.2) is 46.7 Å². The number of thioether (sulfide) groups is 1. The normalized spacial score (nSPS) is 24.7. The third-order valence-electron chi connectivity index (χ3n) is 4.35. The molecule has 0 saturated carbocycles. The first-order valence-corrected chi connectivity index (χ1v) is 8.69. The molecule has 0 radical (unpaired) electrons. The number of carbonyl (C=O) groups is 1. The number of aliphatic hydroxyl groups excluding tert-OH is 1. The Hall–Kier alpha value is -1.20. The van der Waals surface area contributed by atoms with Gasteiger partial charge in [-0.05, 0) is 36.1 Å². The molecule has 2 amide bonds. The standard InChI is InChI=1S/C16H22N2O2S/c19-11-15-14-6-2-1-4-12(14)7-8-18(15)16(20)17-10-13-5-3-9-21-13/h1-2,4,6,13,15,19H,3,5,7-11H2,(H,17,20)/t13-,15+/m1/s1. The summed E-state index contributed by atoms with van der Waals surface area (Å²) in [7, 11) is 0. The second-order valence-corrected chi connectivity index (χ2v) is 7.07. The maximum absolute atomic E-state index is 12.4. The summed E-state index contributed by atoms with van der Waals surface area (Å²) >= 11 is 1.94. The van der Waals surface area contributed by atoms with Crippen LogP contribution in [0.15, 0.2) is 24.3 Å². The number of fused-ring (bicyclic) bond motifs is 1. The molecule has 0 spiro atoms. The zero-order valence-corrected chi connectivity index (χ0v) is 12.9. The summed E-state index contributed by atoms with van der Waals surface area (Å²) in [5.74, 6) is 1.21. The predicted octanol–water partition coefficient (Wildman–Crippen LogP) is 2.18. The first kappa shape index (κ1) is 14.7. The van der Waals surface area contributed by atoms with E-state index in [9.17, 15) is 9.90 Å². The van der Waals surface area contributed by atoms with Crippen LogP contribution in [0.3, 0.4) is 0 Å². The van der Waals surface area contributed by atoms with Crippen molar-refractivity contribution in [2.45, 2.75) is 30.6 Å². The average Bonchev–Trinajstić information content (AvgIpc) is 3.04. The van der Waals surface area contributed by atoms with Gasteiger partial charge in [-0.15, -0.1) is 0 Å². The smallest absolute Gasteiger partial charge is 0.318 e. The Labute approximate surface area is 129 Å². The minimum atomic E-state index is -0.216. The summed E-state index contributed by atoms with van der Waals surface area (Å²) in [5.41, 5.74) is 2.32.